The Balaban J connectivity index is 1.93. The van der Waals surface area contributed by atoms with E-state index in [1.54, 1.807) is 32.0 Å². The maximum absolute atomic E-state index is 14.3. The van der Waals surface area contributed by atoms with Gasteiger partial charge in [-0.25, -0.2) is 0 Å². The number of halogens is 3. The van der Waals surface area contributed by atoms with Gasteiger partial charge in [0.15, 0.2) is 6.04 Å². The molecule has 1 amide bonds. The second-order valence-electron chi connectivity index (χ2n) is 9.22. The Hall–Kier alpha value is -2.08. The molecule has 0 aliphatic carbocycles. The van der Waals surface area contributed by atoms with Crippen LogP contribution in [0.15, 0.2) is 36.4 Å². The van der Waals surface area contributed by atoms with Gasteiger partial charge in [0, 0.05) is 12.0 Å². The Labute approximate surface area is 183 Å². The lowest BCUT2D eigenvalue weighted by molar-refractivity contribution is -0.203. The number of hydrogen-bond acceptors (Lipinski definition) is 2. The van der Waals surface area contributed by atoms with E-state index < -0.39 is 17.8 Å². The molecule has 6 heteroatoms. The largest absolute Gasteiger partial charge is 0.409 e. The number of carbonyl (C=O) groups is 1. The van der Waals surface area contributed by atoms with Crippen LogP contribution < -0.4 is 5.43 Å². The number of rotatable bonds is 9. The van der Waals surface area contributed by atoms with Crippen molar-refractivity contribution in [3.05, 3.63) is 47.5 Å². The number of amides is 1. The molecule has 3 nitrogen and oxygen atoms in total. The number of aryl methyl sites for hydroxylation is 1. The molecule has 0 spiro atoms. The highest BCUT2D eigenvalue weighted by Crippen LogP contribution is 2.45. The van der Waals surface area contributed by atoms with Gasteiger partial charge in [-0.2, -0.15) is 18.2 Å². The fourth-order valence-electron chi connectivity index (χ4n) is 4.62. The highest BCUT2D eigenvalue weighted by atomic mass is 19.4. The first-order chi connectivity index (χ1) is 14.6. The Kier molecular flexibility index (Phi) is 7.30. The zero-order chi connectivity index (χ0) is 22.6. The monoisotopic (exact) mass is 434 g/mol. The van der Waals surface area contributed by atoms with E-state index >= 15 is 0 Å². The van der Waals surface area contributed by atoms with Crippen molar-refractivity contribution in [1.82, 2.24) is 10.4 Å². The Bertz CT molecular complexity index is 907. The predicted octanol–water partition coefficient (Wildman–Crippen LogP) is 6.86. The number of carbonyl (C=O) groups excluding carboxylic acids is 1. The molecule has 1 fully saturated rings. The van der Waals surface area contributed by atoms with Crippen LogP contribution in [0.5, 0.6) is 0 Å². The van der Waals surface area contributed by atoms with Crippen molar-refractivity contribution >= 4 is 16.7 Å². The molecule has 1 unspecified atom stereocenters. The fraction of sp³-hybridized carbons (Fsp3) is 0.560. The predicted molar refractivity (Wildman–Crippen MR) is 119 cm³/mol. The average Bonchev–Trinajstić information content (AvgIpc) is 2.96. The number of unbranched alkanes of at least 4 members (excludes halogenated alkanes) is 5. The molecule has 3 rings (SSSR count). The molecule has 1 atom stereocenters. The molecule has 2 aromatic rings. The average molecular weight is 435 g/mol. The molecule has 0 bridgehead atoms. The van der Waals surface area contributed by atoms with Crippen LogP contribution in [-0.4, -0.2) is 22.6 Å². The first-order valence-corrected chi connectivity index (χ1v) is 11.3. The van der Waals surface area contributed by atoms with Gasteiger partial charge in [0.05, 0.1) is 0 Å². The molecule has 1 aliphatic heterocycles. The van der Waals surface area contributed by atoms with Crippen molar-refractivity contribution in [3.63, 3.8) is 0 Å². The van der Waals surface area contributed by atoms with Gasteiger partial charge in [0.25, 0.3) is 0 Å². The first-order valence-electron chi connectivity index (χ1n) is 11.3. The lowest BCUT2D eigenvalue weighted by Crippen LogP contribution is -2.51. The minimum absolute atomic E-state index is 0.0353. The van der Waals surface area contributed by atoms with Crippen molar-refractivity contribution in [3.8, 4) is 0 Å². The summed E-state index contributed by atoms with van der Waals surface area (Å²) in [4.78, 5) is 11.9. The molecule has 31 heavy (non-hydrogen) atoms. The second-order valence-corrected chi connectivity index (χ2v) is 9.22. The first kappa shape index (κ1) is 23.6. The van der Waals surface area contributed by atoms with Crippen molar-refractivity contribution in [1.29, 1.82) is 0 Å². The van der Waals surface area contributed by atoms with Crippen LogP contribution in [0.4, 0.5) is 13.2 Å². The Morgan fingerprint density at radius 2 is 1.65 bits per heavy atom. The standard InChI is InChI=1S/C25H33F3N2O/c1-4-5-6-7-8-9-12-18-15-16-21(20-14-11-10-13-19(18)20)23(25(26,27)28)30-24(2,3)17-22(31)29-30/h10-11,13-16,23H,4-9,12,17H2,1-3H3,(H,29,31). The highest BCUT2D eigenvalue weighted by molar-refractivity contribution is 5.89. The van der Waals surface area contributed by atoms with E-state index in [1.807, 2.05) is 18.2 Å². The summed E-state index contributed by atoms with van der Waals surface area (Å²) in [6.07, 6.45) is 3.42. The summed E-state index contributed by atoms with van der Waals surface area (Å²) in [5, 5.41) is 2.56. The number of nitrogens with zero attached hydrogens (tertiary/aromatic N) is 1. The van der Waals surface area contributed by atoms with Crippen LogP contribution in [0, 0.1) is 0 Å². The van der Waals surface area contributed by atoms with E-state index in [-0.39, 0.29) is 17.9 Å². The maximum Gasteiger partial charge on any atom is 0.409 e. The normalized spacial score (nSPS) is 17.8. The lowest BCUT2D eigenvalue weighted by Gasteiger charge is -2.38. The molecule has 170 valence electrons. The van der Waals surface area contributed by atoms with Crippen LogP contribution in [0.25, 0.3) is 10.8 Å². The lowest BCUT2D eigenvalue weighted by atomic mass is 9.90. The number of alkyl halides is 3. The van der Waals surface area contributed by atoms with Crippen LogP contribution in [-0.2, 0) is 11.2 Å². The molecule has 0 saturated carbocycles. The van der Waals surface area contributed by atoms with E-state index in [4.69, 9.17) is 0 Å². The van der Waals surface area contributed by atoms with Crippen molar-refractivity contribution in [2.75, 3.05) is 0 Å². The zero-order valence-electron chi connectivity index (χ0n) is 18.7. The molecule has 1 saturated heterocycles. The quantitative estimate of drug-likeness (QED) is 0.437. The van der Waals surface area contributed by atoms with Gasteiger partial charge in [0.2, 0.25) is 5.91 Å². The summed E-state index contributed by atoms with van der Waals surface area (Å²) < 4.78 is 42.9. The van der Waals surface area contributed by atoms with E-state index in [2.05, 4.69) is 12.3 Å². The molecule has 1 heterocycles. The molecule has 1 N–H and O–H groups in total. The third-order valence-electron chi connectivity index (χ3n) is 6.20. The molecule has 0 aromatic heterocycles. The summed E-state index contributed by atoms with van der Waals surface area (Å²) in [6.45, 7) is 5.52. The highest BCUT2D eigenvalue weighted by Gasteiger charge is 2.53. The van der Waals surface area contributed by atoms with Gasteiger partial charge in [-0.05, 0) is 48.6 Å². The molecule has 2 aromatic carbocycles. The van der Waals surface area contributed by atoms with Gasteiger partial charge in [-0.15, -0.1) is 0 Å². The van der Waals surface area contributed by atoms with Gasteiger partial charge in [-0.3, -0.25) is 10.2 Å². The summed E-state index contributed by atoms with van der Waals surface area (Å²) in [6, 6.07) is 8.87. The van der Waals surface area contributed by atoms with Crippen LogP contribution in [0.1, 0.15) is 82.9 Å². The van der Waals surface area contributed by atoms with E-state index in [9.17, 15) is 18.0 Å². The number of hydrazine groups is 1. The smallest absolute Gasteiger partial charge is 0.287 e. The molecule has 0 radical (unpaired) electrons. The minimum atomic E-state index is -4.53. The number of hydrogen-bond donors (Lipinski definition) is 1. The summed E-state index contributed by atoms with van der Waals surface area (Å²) in [7, 11) is 0. The topological polar surface area (TPSA) is 32.3 Å². The third-order valence-corrected chi connectivity index (χ3v) is 6.20. The van der Waals surface area contributed by atoms with Gasteiger partial charge < -0.3 is 0 Å². The Morgan fingerprint density at radius 1 is 1.00 bits per heavy atom. The van der Waals surface area contributed by atoms with Gasteiger partial charge in [-0.1, -0.05) is 75.4 Å². The fourth-order valence-corrected chi connectivity index (χ4v) is 4.62. The number of benzene rings is 2. The number of nitrogens with one attached hydrogen (secondary N) is 1. The van der Waals surface area contributed by atoms with Crippen LogP contribution in [0.2, 0.25) is 0 Å². The molecular formula is C25H33F3N2O. The SMILES string of the molecule is CCCCCCCCc1ccc(C(N2NC(=O)CC2(C)C)C(F)(F)F)c2ccccc12. The summed E-state index contributed by atoms with van der Waals surface area (Å²) >= 11 is 0. The Morgan fingerprint density at radius 3 is 2.26 bits per heavy atom. The zero-order valence-corrected chi connectivity index (χ0v) is 18.7. The second kappa shape index (κ2) is 9.60. The summed E-state index contributed by atoms with van der Waals surface area (Å²) in [5.41, 5.74) is 2.80. The van der Waals surface area contributed by atoms with Crippen molar-refractivity contribution in [2.45, 2.75) is 89.9 Å². The van der Waals surface area contributed by atoms with Gasteiger partial charge >= 0.3 is 6.18 Å². The van der Waals surface area contributed by atoms with E-state index in [0.717, 1.165) is 35.2 Å². The molecule has 1 aliphatic rings. The van der Waals surface area contributed by atoms with Crippen LogP contribution in [0.3, 0.4) is 0 Å². The maximum atomic E-state index is 14.3. The van der Waals surface area contributed by atoms with Gasteiger partial charge in [0.1, 0.15) is 0 Å². The minimum Gasteiger partial charge on any atom is -0.287 e. The van der Waals surface area contributed by atoms with E-state index in [1.165, 1.54) is 25.7 Å². The van der Waals surface area contributed by atoms with Crippen LogP contribution >= 0.6 is 0 Å². The van der Waals surface area contributed by atoms with Crippen molar-refractivity contribution in [2.24, 2.45) is 0 Å². The summed E-state index contributed by atoms with van der Waals surface area (Å²) in [5.74, 6) is -0.386. The van der Waals surface area contributed by atoms with Crippen molar-refractivity contribution < 1.29 is 18.0 Å². The third kappa shape index (κ3) is 5.40. The number of fused-ring (bicyclic) bond motifs is 1. The molecular weight excluding hydrogens is 401 g/mol. The van der Waals surface area contributed by atoms with E-state index in [0.29, 0.717) is 5.39 Å².